The summed E-state index contributed by atoms with van der Waals surface area (Å²) in [7, 11) is 3.08. The molecule has 2 heterocycles. The van der Waals surface area contributed by atoms with Crippen LogP contribution in [0.1, 0.15) is 38.5 Å². The number of para-hydroxylation sites is 6. The summed E-state index contributed by atoms with van der Waals surface area (Å²) in [4.78, 5) is 66.4. The van der Waals surface area contributed by atoms with Crippen molar-refractivity contribution < 1.29 is 28.7 Å². The van der Waals surface area contributed by atoms with Gasteiger partial charge in [-0.1, -0.05) is 97.0 Å². The third-order valence-electron chi connectivity index (χ3n) is 9.02. The first-order chi connectivity index (χ1) is 27.3. The third-order valence-corrected chi connectivity index (χ3v) is 11.4. The molecule has 56 heavy (non-hydrogen) atoms. The van der Waals surface area contributed by atoms with Crippen molar-refractivity contribution >= 4 is 80.2 Å². The molecule has 2 aliphatic rings. The molecule has 0 unspecified atom stereocenters. The second-order valence-corrected chi connectivity index (χ2v) is 15.3. The van der Waals surface area contributed by atoms with Gasteiger partial charge in [0.15, 0.2) is 10.3 Å². The molecule has 0 spiro atoms. The summed E-state index contributed by atoms with van der Waals surface area (Å²) >= 11 is 2.61. The van der Waals surface area contributed by atoms with Crippen LogP contribution < -0.4 is 20.1 Å². The van der Waals surface area contributed by atoms with E-state index in [4.69, 9.17) is 19.5 Å². The Morgan fingerprint density at radius 3 is 1.34 bits per heavy atom. The molecule has 4 amide bonds. The molecule has 2 saturated heterocycles. The molecule has 290 valence electrons. The molecule has 4 aromatic carbocycles. The zero-order chi connectivity index (χ0) is 39.3. The van der Waals surface area contributed by atoms with Crippen molar-refractivity contribution in [1.82, 2.24) is 9.80 Å². The van der Waals surface area contributed by atoms with E-state index < -0.39 is 10.5 Å². The number of hydrogen-bond donors (Lipinski definition) is 2. The van der Waals surface area contributed by atoms with Crippen LogP contribution in [-0.4, -0.2) is 81.6 Å². The number of nitrogens with one attached hydrogen (secondary N) is 2. The number of nitrogens with zero attached hydrogens (tertiary/aromatic N) is 4. The fourth-order valence-corrected chi connectivity index (χ4v) is 8.58. The summed E-state index contributed by atoms with van der Waals surface area (Å²) in [6, 6.07) is 33.2. The highest BCUT2D eigenvalue weighted by Crippen LogP contribution is 2.35. The summed E-state index contributed by atoms with van der Waals surface area (Å²) in [5.74, 6) is 0.207. The van der Waals surface area contributed by atoms with Crippen molar-refractivity contribution in [2.24, 2.45) is 9.98 Å². The number of aliphatic imine (C=N–C) groups is 2. The largest absolute Gasteiger partial charge is 0.495 e. The van der Waals surface area contributed by atoms with Gasteiger partial charge < -0.3 is 20.1 Å². The van der Waals surface area contributed by atoms with Gasteiger partial charge in [0.05, 0.1) is 37.0 Å². The first-order valence-electron chi connectivity index (χ1n) is 18.4. The van der Waals surface area contributed by atoms with Gasteiger partial charge in [0, 0.05) is 25.9 Å². The van der Waals surface area contributed by atoms with E-state index in [2.05, 4.69) is 10.6 Å². The minimum Gasteiger partial charge on any atom is -0.495 e. The molecule has 0 saturated carbocycles. The summed E-state index contributed by atoms with van der Waals surface area (Å²) < 4.78 is 10.7. The smallest absolute Gasteiger partial charge is 0.242 e. The van der Waals surface area contributed by atoms with Crippen LogP contribution in [0.3, 0.4) is 0 Å². The van der Waals surface area contributed by atoms with Gasteiger partial charge in [0.2, 0.25) is 23.6 Å². The number of anilines is 2. The number of unbranched alkanes of at least 4 members (excludes halogenated alkanes) is 3. The molecule has 6 rings (SSSR count). The van der Waals surface area contributed by atoms with Crippen LogP contribution >= 0.6 is 23.5 Å². The maximum atomic E-state index is 13.7. The van der Waals surface area contributed by atoms with Crippen LogP contribution in [0.15, 0.2) is 119 Å². The molecule has 2 fully saturated rings. The van der Waals surface area contributed by atoms with Gasteiger partial charge in [-0.05, 0) is 61.4 Å². The normalized spacial score (nSPS) is 18.1. The minimum atomic E-state index is -0.613. The van der Waals surface area contributed by atoms with Gasteiger partial charge >= 0.3 is 0 Å². The van der Waals surface area contributed by atoms with Crippen molar-refractivity contribution in [2.45, 2.75) is 49.0 Å². The standard InChI is InChI=1S/C42H44N6O6S2/c1-53-33-23-13-11-21-31(33)45-37(49)27-35-39(51)47(41(55-35)43-29-17-7-5-8-18-29)25-15-3-4-16-26-48-40(52)36(56-42(48)44-30-19-9-6-10-20-30)28-38(50)46-32-22-12-14-24-34(32)54-2/h5-14,17-24,35-36H,3-4,15-16,25-28H2,1-2H3,(H,45,49)(H,46,50)/t35-,36-/m1/s1. The van der Waals surface area contributed by atoms with Crippen molar-refractivity contribution in [3.8, 4) is 11.5 Å². The lowest BCUT2D eigenvalue weighted by molar-refractivity contribution is -0.128. The average molecular weight is 793 g/mol. The van der Waals surface area contributed by atoms with Crippen LogP contribution in [0.4, 0.5) is 22.7 Å². The number of rotatable bonds is 17. The summed E-state index contributed by atoms with van der Waals surface area (Å²) in [6.07, 6.45) is 3.00. The van der Waals surface area contributed by atoms with Crippen molar-refractivity contribution in [3.63, 3.8) is 0 Å². The number of amides is 4. The fraction of sp³-hybridized carbons (Fsp3) is 0.286. The summed E-state index contributed by atoms with van der Waals surface area (Å²) in [5.41, 5.74) is 2.54. The number of carbonyl (C=O) groups excluding carboxylic acids is 4. The van der Waals surface area contributed by atoms with E-state index in [9.17, 15) is 19.2 Å². The fourth-order valence-electron chi connectivity index (χ4n) is 6.22. The highest BCUT2D eigenvalue weighted by molar-refractivity contribution is 8.15. The zero-order valence-electron chi connectivity index (χ0n) is 31.3. The average Bonchev–Trinajstić information content (AvgIpc) is 3.65. The second-order valence-electron chi connectivity index (χ2n) is 13.0. The molecule has 0 bridgehead atoms. The van der Waals surface area contributed by atoms with Gasteiger partial charge in [-0.15, -0.1) is 0 Å². The molecular formula is C42H44N6O6S2. The number of hydrogen-bond acceptors (Lipinski definition) is 10. The van der Waals surface area contributed by atoms with E-state index in [1.165, 1.54) is 37.7 Å². The highest BCUT2D eigenvalue weighted by Gasteiger charge is 2.40. The van der Waals surface area contributed by atoms with E-state index in [0.717, 1.165) is 24.2 Å². The Kier molecular flexibility index (Phi) is 14.2. The summed E-state index contributed by atoms with van der Waals surface area (Å²) in [6.45, 7) is 0.898. The first-order valence-corrected chi connectivity index (χ1v) is 20.2. The molecule has 0 aliphatic carbocycles. The maximum Gasteiger partial charge on any atom is 0.242 e. The Bertz CT molecular complexity index is 1920. The molecule has 2 N–H and O–H groups in total. The molecule has 12 nitrogen and oxygen atoms in total. The Balaban J connectivity index is 1.04. The lowest BCUT2D eigenvalue weighted by Crippen LogP contribution is -2.34. The van der Waals surface area contributed by atoms with E-state index >= 15 is 0 Å². The molecule has 0 radical (unpaired) electrons. The monoisotopic (exact) mass is 792 g/mol. The second kappa shape index (κ2) is 19.8. The third kappa shape index (κ3) is 10.6. The quantitative estimate of drug-likeness (QED) is 0.103. The maximum absolute atomic E-state index is 13.7. The van der Waals surface area contributed by atoms with E-state index in [0.29, 0.717) is 59.1 Å². The van der Waals surface area contributed by atoms with E-state index in [-0.39, 0.29) is 36.5 Å². The number of amidine groups is 2. The van der Waals surface area contributed by atoms with Crippen molar-refractivity contribution in [1.29, 1.82) is 0 Å². The zero-order valence-corrected chi connectivity index (χ0v) is 32.9. The van der Waals surface area contributed by atoms with Crippen molar-refractivity contribution in [2.75, 3.05) is 37.9 Å². The van der Waals surface area contributed by atoms with E-state index in [1.807, 2.05) is 84.9 Å². The van der Waals surface area contributed by atoms with Gasteiger partial charge in [-0.3, -0.25) is 29.0 Å². The molecular weight excluding hydrogens is 749 g/mol. The number of ether oxygens (including phenoxy) is 2. The number of carbonyl (C=O) groups is 4. The molecule has 14 heteroatoms. The van der Waals surface area contributed by atoms with Crippen LogP contribution in [0.25, 0.3) is 0 Å². The Hall–Kier alpha value is -5.60. The van der Waals surface area contributed by atoms with Crippen LogP contribution in [-0.2, 0) is 19.2 Å². The van der Waals surface area contributed by atoms with Gasteiger partial charge in [0.25, 0.3) is 0 Å². The van der Waals surface area contributed by atoms with E-state index in [1.54, 1.807) is 34.1 Å². The predicted molar refractivity (Wildman–Crippen MR) is 224 cm³/mol. The lowest BCUT2D eigenvalue weighted by Gasteiger charge is -2.18. The summed E-state index contributed by atoms with van der Waals surface area (Å²) in [5, 5.41) is 5.66. The van der Waals surface area contributed by atoms with Crippen molar-refractivity contribution in [3.05, 3.63) is 109 Å². The number of benzene rings is 4. The van der Waals surface area contributed by atoms with Crippen LogP contribution in [0.5, 0.6) is 11.5 Å². The molecule has 2 atom stereocenters. The van der Waals surface area contributed by atoms with Crippen LogP contribution in [0, 0.1) is 0 Å². The first kappa shape index (κ1) is 40.1. The Morgan fingerprint density at radius 2 is 0.946 bits per heavy atom. The Labute approximate surface area is 335 Å². The SMILES string of the molecule is COc1ccccc1NC(=O)C[C@H]1SC(=Nc2ccccc2)N(CCCCCCN2C(=O)[C@@H](CC(=O)Nc3ccccc3OC)SC2=Nc2ccccc2)C1=O. The topological polar surface area (TPSA) is 142 Å². The number of thioether (sulfide) groups is 2. The lowest BCUT2D eigenvalue weighted by atomic mass is 10.1. The predicted octanol–water partition coefficient (Wildman–Crippen LogP) is 7.89. The minimum absolute atomic E-state index is 0.0102. The Morgan fingerprint density at radius 1 is 0.571 bits per heavy atom. The molecule has 4 aromatic rings. The van der Waals surface area contributed by atoms with Crippen LogP contribution in [0.2, 0.25) is 0 Å². The number of methoxy groups -OCH3 is 2. The molecule has 2 aliphatic heterocycles. The highest BCUT2D eigenvalue weighted by atomic mass is 32.2. The van der Waals surface area contributed by atoms with Gasteiger partial charge in [0.1, 0.15) is 22.0 Å². The van der Waals surface area contributed by atoms with Gasteiger partial charge in [-0.25, -0.2) is 9.98 Å². The van der Waals surface area contributed by atoms with Gasteiger partial charge in [-0.2, -0.15) is 0 Å². The molecule has 0 aromatic heterocycles.